The van der Waals surface area contributed by atoms with Gasteiger partial charge in [0.25, 0.3) is 5.56 Å². The van der Waals surface area contributed by atoms with E-state index in [0.717, 1.165) is 10.2 Å². The third kappa shape index (κ3) is 3.57. The number of oxime groups is 1. The molecule has 0 N–H and O–H groups in total. The minimum absolute atomic E-state index is 0.0872. The lowest BCUT2D eigenvalue weighted by Gasteiger charge is -2.03. The number of aromatic nitrogens is 3. The molecule has 1 heterocycles. The lowest BCUT2D eigenvalue weighted by Crippen LogP contribution is -2.24. The molecule has 0 aliphatic heterocycles. The normalized spacial score (nSPS) is 11.2. The van der Waals surface area contributed by atoms with Gasteiger partial charge in [-0.15, -0.1) is 16.9 Å². The molecule has 0 unspecified atom stereocenters. The summed E-state index contributed by atoms with van der Waals surface area (Å²) in [6.07, 6.45) is 3.61. The van der Waals surface area contributed by atoms with E-state index in [9.17, 15) is 4.79 Å². The SMILES string of the molecule is CSc1ccc(/C=N\OCn2nnc3ccccc3c2=O)cc1. The Morgan fingerprint density at radius 1 is 1.22 bits per heavy atom. The fourth-order valence-corrected chi connectivity index (χ4v) is 2.39. The molecule has 6 nitrogen and oxygen atoms in total. The Kier molecular flexibility index (Phi) is 4.68. The van der Waals surface area contributed by atoms with Crippen molar-refractivity contribution in [2.24, 2.45) is 5.16 Å². The molecule has 116 valence electrons. The van der Waals surface area contributed by atoms with E-state index >= 15 is 0 Å². The molecule has 7 heteroatoms. The van der Waals surface area contributed by atoms with Crippen LogP contribution in [-0.4, -0.2) is 27.5 Å². The van der Waals surface area contributed by atoms with Crippen molar-refractivity contribution in [3.05, 3.63) is 64.4 Å². The van der Waals surface area contributed by atoms with Crippen molar-refractivity contribution in [3.63, 3.8) is 0 Å². The molecule has 0 spiro atoms. The first-order valence-electron chi connectivity index (χ1n) is 6.90. The summed E-state index contributed by atoms with van der Waals surface area (Å²) >= 11 is 1.68. The van der Waals surface area contributed by atoms with Crippen molar-refractivity contribution < 1.29 is 4.84 Å². The zero-order valence-electron chi connectivity index (χ0n) is 12.4. The Morgan fingerprint density at radius 3 is 2.78 bits per heavy atom. The molecular weight excluding hydrogens is 312 g/mol. The van der Waals surface area contributed by atoms with Gasteiger partial charge in [-0.3, -0.25) is 4.79 Å². The first-order chi connectivity index (χ1) is 11.3. The second kappa shape index (κ2) is 7.06. The maximum absolute atomic E-state index is 12.2. The fraction of sp³-hybridized carbons (Fsp3) is 0.125. The minimum atomic E-state index is -0.255. The summed E-state index contributed by atoms with van der Waals surface area (Å²) < 4.78 is 1.14. The molecule has 0 fully saturated rings. The summed E-state index contributed by atoms with van der Waals surface area (Å²) in [5.41, 5.74) is 1.22. The van der Waals surface area contributed by atoms with Crippen LogP contribution in [0.2, 0.25) is 0 Å². The van der Waals surface area contributed by atoms with E-state index in [4.69, 9.17) is 4.84 Å². The average molecular weight is 326 g/mol. The van der Waals surface area contributed by atoms with Gasteiger partial charge >= 0.3 is 0 Å². The summed E-state index contributed by atoms with van der Waals surface area (Å²) in [7, 11) is 0. The van der Waals surface area contributed by atoms with Crippen LogP contribution in [0, 0.1) is 0 Å². The number of hydrogen-bond acceptors (Lipinski definition) is 6. The number of rotatable bonds is 5. The summed E-state index contributed by atoms with van der Waals surface area (Å²) in [5, 5.41) is 12.2. The fourth-order valence-electron chi connectivity index (χ4n) is 1.98. The second-order valence-electron chi connectivity index (χ2n) is 4.68. The molecule has 2 aromatic carbocycles. The molecule has 3 rings (SSSR count). The Hall–Kier alpha value is -2.67. The van der Waals surface area contributed by atoms with Crippen molar-refractivity contribution in [3.8, 4) is 0 Å². The first-order valence-corrected chi connectivity index (χ1v) is 8.12. The highest BCUT2D eigenvalue weighted by Crippen LogP contribution is 2.13. The molecule has 0 aliphatic rings. The summed E-state index contributed by atoms with van der Waals surface area (Å²) in [6, 6.07) is 14.9. The highest BCUT2D eigenvalue weighted by Gasteiger charge is 2.04. The summed E-state index contributed by atoms with van der Waals surface area (Å²) in [4.78, 5) is 18.5. The van der Waals surface area contributed by atoms with Gasteiger partial charge < -0.3 is 4.84 Å². The average Bonchev–Trinajstić information content (AvgIpc) is 2.61. The van der Waals surface area contributed by atoms with E-state index < -0.39 is 0 Å². The van der Waals surface area contributed by atoms with Gasteiger partial charge in [0.2, 0.25) is 6.73 Å². The number of benzene rings is 2. The molecule has 0 radical (unpaired) electrons. The van der Waals surface area contributed by atoms with Gasteiger partial charge in [0.05, 0.1) is 11.6 Å². The molecule has 0 saturated heterocycles. The van der Waals surface area contributed by atoms with Crippen LogP contribution in [0.3, 0.4) is 0 Å². The van der Waals surface area contributed by atoms with Crippen LogP contribution in [0.1, 0.15) is 5.56 Å². The predicted molar refractivity (Wildman–Crippen MR) is 90.7 cm³/mol. The van der Waals surface area contributed by atoms with Crippen LogP contribution >= 0.6 is 11.8 Å². The second-order valence-corrected chi connectivity index (χ2v) is 5.56. The minimum Gasteiger partial charge on any atom is -0.372 e. The van der Waals surface area contributed by atoms with Gasteiger partial charge in [-0.1, -0.05) is 34.6 Å². The van der Waals surface area contributed by atoms with Gasteiger partial charge in [0, 0.05) is 4.90 Å². The number of thioether (sulfide) groups is 1. The molecule has 1 aromatic heterocycles. The highest BCUT2D eigenvalue weighted by atomic mass is 32.2. The molecule has 0 amide bonds. The van der Waals surface area contributed by atoms with Crippen molar-refractivity contribution in [1.29, 1.82) is 0 Å². The molecule has 3 aromatic rings. The van der Waals surface area contributed by atoms with Gasteiger partial charge in [-0.25, -0.2) is 0 Å². The van der Waals surface area contributed by atoms with E-state index in [1.165, 1.54) is 4.90 Å². The number of hydrogen-bond donors (Lipinski definition) is 0. The lowest BCUT2D eigenvalue weighted by atomic mass is 10.2. The standard InChI is InChI=1S/C16H14N4O2S/c1-23-13-8-6-12(7-9-13)10-17-22-11-20-16(21)14-4-2-3-5-15(14)18-19-20/h2-10H,11H2,1H3/b17-10-. The van der Waals surface area contributed by atoms with E-state index in [1.54, 1.807) is 36.2 Å². The maximum Gasteiger partial charge on any atom is 0.280 e. The van der Waals surface area contributed by atoms with Crippen LogP contribution in [0.25, 0.3) is 10.9 Å². The van der Waals surface area contributed by atoms with Crippen molar-refractivity contribution >= 4 is 28.9 Å². The zero-order chi connectivity index (χ0) is 16.1. The Bertz CT molecular complexity index is 890. The van der Waals surface area contributed by atoms with E-state index in [2.05, 4.69) is 15.5 Å². The smallest absolute Gasteiger partial charge is 0.280 e. The Labute approximate surface area is 136 Å². The van der Waals surface area contributed by atoms with Crippen molar-refractivity contribution in [2.75, 3.05) is 6.26 Å². The van der Waals surface area contributed by atoms with E-state index in [-0.39, 0.29) is 12.3 Å². The van der Waals surface area contributed by atoms with Crippen LogP contribution < -0.4 is 5.56 Å². The highest BCUT2D eigenvalue weighted by molar-refractivity contribution is 7.98. The van der Waals surface area contributed by atoms with Gasteiger partial charge in [-0.05, 0) is 36.1 Å². The maximum atomic E-state index is 12.2. The van der Waals surface area contributed by atoms with Crippen molar-refractivity contribution in [1.82, 2.24) is 15.0 Å². The predicted octanol–water partition coefficient (Wildman–Crippen LogP) is 2.52. The molecule has 0 bridgehead atoms. The largest absolute Gasteiger partial charge is 0.372 e. The third-order valence-electron chi connectivity index (χ3n) is 3.20. The zero-order valence-corrected chi connectivity index (χ0v) is 13.2. The molecule has 23 heavy (non-hydrogen) atoms. The molecule has 0 aliphatic carbocycles. The molecular formula is C16H14N4O2S. The Morgan fingerprint density at radius 2 is 2.00 bits per heavy atom. The first kappa shape index (κ1) is 15.2. The van der Waals surface area contributed by atoms with Crippen LogP contribution in [0.15, 0.2) is 63.4 Å². The lowest BCUT2D eigenvalue weighted by molar-refractivity contribution is 0.0713. The third-order valence-corrected chi connectivity index (χ3v) is 3.95. The number of nitrogens with zero attached hydrogens (tertiary/aromatic N) is 4. The number of fused-ring (bicyclic) bond motifs is 1. The topological polar surface area (TPSA) is 69.4 Å². The van der Waals surface area contributed by atoms with Gasteiger partial charge in [0.15, 0.2) is 0 Å². The monoisotopic (exact) mass is 326 g/mol. The van der Waals surface area contributed by atoms with E-state index in [0.29, 0.717) is 10.9 Å². The van der Waals surface area contributed by atoms with Crippen LogP contribution in [-0.2, 0) is 11.6 Å². The van der Waals surface area contributed by atoms with Gasteiger partial charge in [0.1, 0.15) is 5.52 Å². The molecule has 0 saturated carbocycles. The van der Waals surface area contributed by atoms with Gasteiger partial charge in [-0.2, -0.15) is 4.68 Å². The summed E-state index contributed by atoms with van der Waals surface area (Å²) in [6.45, 7) is -0.0872. The quantitative estimate of drug-likeness (QED) is 0.409. The Balaban J connectivity index is 1.67. The van der Waals surface area contributed by atoms with E-state index in [1.807, 2.05) is 36.6 Å². The summed E-state index contributed by atoms with van der Waals surface area (Å²) in [5.74, 6) is 0. The molecule has 0 atom stereocenters. The van der Waals surface area contributed by atoms with Crippen molar-refractivity contribution in [2.45, 2.75) is 11.6 Å². The van der Waals surface area contributed by atoms with Crippen LogP contribution in [0.5, 0.6) is 0 Å². The van der Waals surface area contributed by atoms with Crippen LogP contribution in [0.4, 0.5) is 0 Å².